The molecule has 1 aromatic rings. The van der Waals surface area contributed by atoms with Gasteiger partial charge in [0.2, 0.25) is 0 Å². The molecule has 1 rings (SSSR count). The van der Waals surface area contributed by atoms with Crippen LogP contribution in [-0.4, -0.2) is 31.3 Å². The number of likely N-dealkylation sites (N-methyl/N-ethyl adjacent to an activating group) is 1. The number of hydrogen-bond acceptors (Lipinski definition) is 4. The summed E-state index contributed by atoms with van der Waals surface area (Å²) in [4.78, 5) is 12.7. The van der Waals surface area contributed by atoms with Crippen molar-refractivity contribution in [2.75, 3.05) is 19.1 Å². The van der Waals surface area contributed by atoms with Crippen molar-refractivity contribution in [3.8, 4) is 11.8 Å². The lowest BCUT2D eigenvalue weighted by Gasteiger charge is -2.26. The molecule has 5 heteroatoms. The van der Waals surface area contributed by atoms with Gasteiger partial charge in [0, 0.05) is 13.1 Å². The van der Waals surface area contributed by atoms with E-state index in [1.165, 1.54) is 7.11 Å². The van der Waals surface area contributed by atoms with Crippen molar-refractivity contribution >= 4 is 11.7 Å². The zero-order valence-electron chi connectivity index (χ0n) is 10.7. The molecule has 0 aliphatic rings. The number of rotatable bonds is 5. The molecule has 1 aromatic carbocycles. The molecular weight excluding hydrogens is 232 g/mol. The van der Waals surface area contributed by atoms with Gasteiger partial charge in [-0.2, -0.15) is 5.26 Å². The Morgan fingerprint density at radius 1 is 1.61 bits per heavy atom. The summed E-state index contributed by atoms with van der Waals surface area (Å²) in [6, 6.07) is 6.37. The van der Waals surface area contributed by atoms with E-state index in [9.17, 15) is 4.79 Å². The van der Waals surface area contributed by atoms with Crippen LogP contribution in [0.2, 0.25) is 0 Å². The first-order valence-corrected chi connectivity index (χ1v) is 5.58. The van der Waals surface area contributed by atoms with Crippen LogP contribution in [-0.2, 0) is 4.79 Å². The molecule has 0 bridgehead atoms. The zero-order chi connectivity index (χ0) is 13.7. The van der Waals surface area contributed by atoms with Gasteiger partial charge in [-0.25, -0.2) is 4.79 Å². The van der Waals surface area contributed by atoms with Gasteiger partial charge in [0.1, 0.15) is 17.9 Å². The van der Waals surface area contributed by atoms with Gasteiger partial charge in [0.15, 0.2) is 0 Å². The number of benzene rings is 1. The number of anilines is 1. The number of hydrogen-bond donors (Lipinski definition) is 1. The molecule has 1 unspecified atom stereocenters. The van der Waals surface area contributed by atoms with Crippen molar-refractivity contribution in [3.63, 3.8) is 0 Å². The molecule has 18 heavy (non-hydrogen) atoms. The second-order valence-corrected chi connectivity index (χ2v) is 3.87. The predicted molar refractivity (Wildman–Crippen MR) is 67.8 cm³/mol. The third kappa shape index (κ3) is 2.72. The Bertz CT molecular complexity index is 480. The molecule has 0 fully saturated rings. The first-order chi connectivity index (χ1) is 8.54. The molecule has 1 N–H and O–H groups in total. The molecule has 0 amide bonds. The fourth-order valence-electron chi connectivity index (χ4n) is 1.81. The lowest BCUT2D eigenvalue weighted by molar-refractivity contribution is -0.138. The van der Waals surface area contributed by atoms with Crippen LogP contribution < -0.4 is 9.64 Å². The summed E-state index contributed by atoms with van der Waals surface area (Å²) in [5.74, 6) is -0.317. The third-order valence-electron chi connectivity index (χ3n) is 2.84. The number of aliphatic carboxylic acids is 1. The summed E-state index contributed by atoms with van der Waals surface area (Å²) in [5.41, 5.74) is 0.990. The van der Waals surface area contributed by atoms with Gasteiger partial charge in [-0.05, 0) is 18.6 Å². The first-order valence-electron chi connectivity index (χ1n) is 5.58. The first kappa shape index (κ1) is 13.8. The minimum atomic E-state index is -0.910. The highest BCUT2D eigenvalue weighted by atomic mass is 16.5. The van der Waals surface area contributed by atoms with Crippen LogP contribution in [0, 0.1) is 11.3 Å². The normalized spacial score (nSPS) is 11.4. The lowest BCUT2D eigenvalue weighted by atomic mass is 10.1. The molecule has 1 atom stereocenters. The van der Waals surface area contributed by atoms with Crippen LogP contribution in [0.3, 0.4) is 0 Å². The van der Waals surface area contributed by atoms with Crippen LogP contribution in [0.5, 0.6) is 5.75 Å². The Balaban J connectivity index is 3.21. The predicted octanol–water partition coefficient (Wildman–Crippen LogP) is 1.87. The van der Waals surface area contributed by atoms with E-state index < -0.39 is 12.0 Å². The monoisotopic (exact) mass is 248 g/mol. The van der Waals surface area contributed by atoms with E-state index in [-0.39, 0.29) is 0 Å². The summed E-state index contributed by atoms with van der Waals surface area (Å²) in [5, 5.41) is 18.2. The van der Waals surface area contributed by atoms with E-state index in [4.69, 9.17) is 15.1 Å². The van der Waals surface area contributed by atoms with Gasteiger partial charge >= 0.3 is 5.97 Å². The van der Waals surface area contributed by atoms with E-state index in [2.05, 4.69) is 6.07 Å². The van der Waals surface area contributed by atoms with Crippen molar-refractivity contribution in [2.24, 2.45) is 0 Å². The molecule has 0 saturated heterocycles. The fraction of sp³-hybridized carbons (Fsp3) is 0.385. The van der Waals surface area contributed by atoms with Crippen molar-refractivity contribution in [1.29, 1.82) is 5.26 Å². The maximum absolute atomic E-state index is 11.1. The van der Waals surface area contributed by atoms with Crippen LogP contribution >= 0.6 is 0 Å². The van der Waals surface area contributed by atoms with Crippen molar-refractivity contribution in [1.82, 2.24) is 0 Å². The number of methoxy groups -OCH3 is 1. The van der Waals surface area contributed by atoms with Crippen molar-refractivity contribution < 1.29 is 14.6 Å². The maximum Gasteiger partial charge on any atom is 0.326 e. The summed E-state index contributed by atoms with van der Waals surface area (Å²) in [6.07, 6.45) is 0.452. The summed E-state index contributed by atoms with van der Waals surface area (Å²) in [6.45, 7) is 1.79. The van der Waals surface area contributed by atoms with Gasteiger partial charge in [-0.15, -0.1) is 0 Å². The zero-order valence-corrected chi connectivity index (χ0v) is 10.7. The third-order valence-corrected chi connectivity index (χ3v) is 2.84. The Hall–Kier alpha value is -2.22. The van der Waals surface area contributed by atoms with Crippen LogP contribution in [0.1, 0.15) is 18.9 Å². The van der Waals surface area contributed by atoms with Gasteiger partial charge < -0.3 is 14.7 Å². The fourth-order valence-corrected chi connectivity index (χ4v) is 1.81. The van der Waals surface area contributed by atoms with Crippen LogP contribution in [0.25, 0.3) is 0 Å². The van der Waals surface area contributed by atoms with E-state index in [1.807, 2.05) is 0 Å². The standard InChI is InChI=1S/C13H16N2O3/c1-4-11(13(16)17)15(2)12-7-10(18-3)6-5-9(12)8-14/h5-7,11H,4H2,1-3H3,(H,16,17). The van der Waals surface area contributed by atoms with E-state index >= 15 is 0 Å². The number of ether oxygens (including phenoxy) is 1. The Morgan fingerprint density at radius 3 is 2.72 bits per heavy atom. The molecule has 0 heterocycles. The minimum Gasteiger partial charge on any atom is -0.497 e. The SMILES string of the molecule is CCC(C(=O)O)N(C)c1cc(OC)ccc1C#N. The van der Waals surface area contributed by atoms with Gasteiger partial charge in [0.05, 0.1) is 18.4 Å². The summed E-state index contributed by atoms with van der Waals surface area (Å²) >= 11 is 0. The average Bonchev–Trinajstić information content (AvgIpc) is 2.38. The molecule has 5 nitrogen and oxygen atoms in total. The molecular formula is C13H16N2O3. The minimum absolute atomic E-state index is 0.429. The lowest BCUT2D eigenvalue weighted by Crippen LogP contribution is -2.38. The Morgan fingerprint density at radius 2 is 2.28 bits per heavy atom. The Labute approximate surface area is 106 Å². The highest BCUT2D eigenvalue weighted by molar-refractivity contribution is 5.79. The van der Waals surface area contributed by atoms with Gasteiger partial charge in [-0.1, -0.05) is 6.92 Å². The molecule has 96 valence electrons. The van der Waals surface area contributed by atoms with E-state index in [0.717, 1.165) is 0 Å². The number of carboxylic acids is 1. The van der Waals surface area contributed by atoms with E-state index in [0.29, 0.717) is 23.4 Å². The molecule has 0 aromatic heterocycles. The second-order valence-electron chi connectivity index (χ2n) is 3.87. The topological polar surface area (TPSA) is 73.6 Å². The molecule has 0 aliphatic heterocycles. The second kappa shape index (κ2) is 5.92. The maximum atomic E-state index is 11.1. The smallest absolute Gasteiger partial charge is 0.326 e. The molecule has 0 saturated carbocycles. The Kier molecular flexibility index (Phi) is 4.55. The van der Waals surface area contributed by atoms with Gasteiger partial charge in [0.25, 0.3) is 0 Å². The van der Waals surface area contributed by atoms with Gasteiger partial charge in [-0.3, -0.25) is 0 Å². The number of nitrogens with zero attached hydrogens (tertiary/aromatic N) is 2. The number of carbonyl (C=O) groups is 1. The van der Waals surface area contributed by atoms with Crippen LogP contribution in [0.15, 0.2) is 18.2 Å². The van der Waals surface area contributed by atoms with Crippen LogP contribution in [0.4, 0.5) is 5.69 Å². The number of nitriles is 1. The average molecular weight is 248 g/mol. The molecule has 0 aliphatic carbocycles. The summed E-state index contributed by atoms with van der Waals surface area (Å²) < 4.78 is 5.09. The largest absolute Gasteiger partial charge is 0.497 e. The van der Waals surface area contributed by atoms with E-state index in [1.54, 1.807) is 37.1 Å². The van der Waals surface area contributed by atoms with Crippen molar-refractivity contribution in [2.45, 2.75) is 19.4 Å². The molecule has 0 radical (unpaired) electrons. The highest BCUT2D eigenvalue weighted by Gasteiger charge is 2.23. The quantitative estimate of drug-likeness (QED) is 0.861. The highest BCUT2D eigenvalue weighted by Crippen LogP contribution is 2.26. The number of carboxylic acid groups (broad SMARTS) is 1. The summed E-state index contributed by atoms with van der Waals surface area (Å²) in [7, 11) is 3.19. The van der Waals surface area contributed by atoms with Crippen molar-refractivity contribution in [3.05, 3.63) is 23.8 Å². The molecule has 0 spiro atoms.